The van der Waals surface area contributed by atoms with Gasteiger partial charge in [0, 0.05) is 32.0 Å². The van der Waals surface area contributed by atoms with Crippen molar-refractivity contribution in [3.63, 3.8) is 0 Å². The van der Waals surface area contributed by atoms with Gasteiger partial charge in [0.1, 0.15) is 5.78 Å². The van der Waals surface area contributed by atoms with Crippen molar-refractivity contribution < 1.29 is 14.3 Å². The lowest BCUT2D eigenvalue weighted by Crippen LogP contribution is -2.46. The molecular formula is C15H19NO3. The minimum Gasteiger partial charge on any atom is -0.493 e. The van der Waals surface area contributed by atoms with Gasteiger partial charge in [0.25, 0.3) is 0 Å². The fraction of sp³-hybridized carbons (Fsp3) is 0.533. The van der Waals surface area contributed by atoms with Crippen LogP contribution in [-0.4, -0.2) is 37.5 Å². The molecule has 0 radical (unpaired) electrons. The van der Waals surface area contributed by atoms with Gasteiger partial charge in [0.05, 0.1) is 14.2 Å². The van der Waals surface area contributed by atoms with Crippen LogP contribution in [0, 0.1) is 0 Å². The highest BCUT2D eigenvalue weighted by molar-refractivity contribution is 5.80. The minimum absolute atomic E-state index is 0.367. The molecule has 0 unspecified atom stereocenters. The van der Waals surface area contributed by atoms with Crippen molar-refractivity contribution >= 4 is 5.78 Å². The van der Waals surface area contributed by atoms with Crippen LogP contribution in [0.2, 0.25) is 0 Å². The Bertz CT molecular complexity index is 512. The van der Waals surface area contributed by atoms with E-state index in [0.717, 1.165) is 31.0 Å². The quantitative estimate of drug-likeness (QED) is 0.813. The number of piperidine rings is 1. The molecule has 4 nitrogen and oxygen atoms in total. The van der Waals surface area contributed by atoms with Crippen molar-refractivity contribution in [3.05, 3.63) is 23.3 Å². The third kappa shape index (κ3) is 2.21. The number of carbonyl (C=O) groups excluding carboxylic acids is 1. The second-order valence-electron chi connectivity index (χ2n) is 5.30. The first-order valence-corrected chi connectivity index (χ1v) is 6.70. The van der Waals surface area contributed by atoms with Crippen molar-refractivity contribution in [1.29, 1.82) is 0 Å². The average molecular weight is 261 g/mol. The smallest absolute Gasteiger partial charge is 0.161 e. The van der Waals surface area contributed by atoms with Gasteiger partial charge in [-0.3, -0.25) is 9.69 Å². The molecule has 1 atom stereocenters. The Labute approximate surface area is 113 Å². The zero-order chi connectivity index (χ0) is 13.4. The summed E-state index contributed by atoms with van der Waals surface area (Å²) in [6.45, 7) is 1.80. The average Bonchev–Trinajstić information content (AvgIpc) is 2.43. The van der Waals surface area contributed by atoms with Gasteiger partial charge in [0.2, 0.25) is 0 Å². The zero-order valence-corrected chi connectivity index (χ0v) is 11.4. The topological polar surface area (TPSA) is 38.8 Å². The van der Waals surface area contributed by atoms with E-state index in [2.05, 4.69) is 17.0 Å². The first kappa shape index (κ1) is 12.5. The molecule has 3 rings (SSSR count). The Morgan fingerprint density at radius 2 is 1.79 bits per heavy atom. The summed E-state index contributed by atoms with van der Waals surface area (Å²) in [6.07, 6.45) is 2.31. The molecule has 102 valence electrons. The number of rotatable bonds is 2. The molecule has 0 bridgehead atoms. The lowest BCUT2D eigenvalue weighted by atomic mass is 9.88. The summed E-state index contributed by atoms with van der Waals surface area (Å²) in [5.74, 6) is 1.95. The van der Waals surface area contributed by atoms with Crippen LogP contribution in [0.15, 0.2) is 12.1 Å². The Hall–Kier alpha value is -1.55. The van der Waals surface area contributed by atoms with Crippen molar-refractivity contribution in [2.24, 2.45) is 0 Å². The molecule has 1 fully saturated rings. The van der Waals surface area contributed by atoms with Crippen molar-refractivity contribution in [2.45, 2.75) is 31.8 Å². The first-order valence-electron chi connectivity index (χ1n) is 6.70. The Balaban J connectivity index is 1.93. The third-order valence-corrected chi connectivity index (χ3v) is 4.19. The molecule has 2 aliphatic heterocycles. The highest BCUT2D eigenvalue weighted by Gasteiger charge is 2.32. The van der Waals surface area contributed by atoms with Crippen LogP contribution >= 0.6 is 0 Å². The molecule has 0 amide bonds. The fourth-order valence-electron chi connectivity index (χ4n) is 3.13. The maximum atomic E-state index is 11.6. The molecule has 0 saturated carbocycles. The lowest BCUT2D eigenvalue weighted by molar-refractivity contribution is -0.123. The van der Waals surface area contributed by atoms with Gasteiger partial charge in [-0.15, -0.1) is 0 Å². The van der Waals surface area contributed by atoms with Crippen LogP contribution in [-0.2, 0) is 17.8 Å². The van der Waals surface area contributed by atoms with Gasteiger partial charge in [-0.25, -0.2) is 0 Å². The molecular weight excluding hydrogens is 242 g/mol. The van der Waals surface area contributed by atoms with Crippen LogP contribution < -0.4 is 9.47 Å². The second-order valence-corrected chi connectivity index (χ2v) is 5.30. The first-order chi connectivity index (χ1) is 9.21. The maximum Gasteiger partial charge on any atom is 0.161 e. The monoisotopic (exact) mass is 261 g/mol. The molecule has 4 heteroatoms. The highest BCUT2D eigenvalue weighted by atomic mass is 16.5. The summed E-state index contributed by atoms with van der Waals surface area (Å²) < 4.78 is 10.7. The molecule has 1 saturated heterocycles. The van der Waals surface area contributed by atoms with Crippen molar-refractivity contribution in [2.75, 3.05) is 20.8 Å². The van der Waals surface area contributed by atoms with E-state index in [-0.39, 0.29) is 0 Å². The predicted molar refractivity (Wildman–Crippen MR) is 71.7 cm³/mol. The van der Waals surface area contributed by atoms with E-state index in [4.69, 9.17) is 9.47 Å². The normalized spacial score (nSPS) is 22.6. The number of hydrogen-bond acceptors (Lipinski definition) is 4. The van der Waals surface area contributed by atoms with Crippen molar-refractivity contribution in [1.82, 2.24) is 4.90 Å². The molecule has 0 aliphatic carbocycles. The van der Waals surface area contributed by atoms with Gasteiger partial charge < -0.3 is 9.47 Å². The van der Waals surface area contributed by atoms with E-state index in [1.54, 1.807) is 14.2 Å². The second kappa shape index (κ2) is 4.85. The van der Waals surface area contributed by atoms with Gasteiger partial charge in [-0.1, -0.05) is 0 Å². The number of carbonyl (C=O) groups is 1. The third-order valence-electron chi connectivity index (χ3n) is 4.19. The maximum absolute atomic E-state index is 11.6. The summed E-state index contributed by atoms with van der Waals surface area (Å²) in [6, 6.07) is 4.50. The summed E-state index contributed by atoms with van der Waals surface area (Å²) in [5, 5.41) is 0. The summed E-state index contributed by atoms with van der Waals surface area (Å²) >= 11 is 0. The van der Waals surface area contributed by atoms with Gasteiger partial charge >= 0.3 is 0 Å². The molecule has 1 aromatic rings. The Morgan fingerprint density at radius 1 is 1.11 bits per heavy atom. The standard InChI is InChI=1S/C15H19NO3/c1-18-14-6-10-5-12-8-13(17)3-4-16(12)9-11(10)7-15(14)19-2/h6-7,12H,3-5,8-9H2,1-2H3/t12-/m0/s1. The molecule has 19 heavy (non-hydrogen) atoms. The van der Waals surface area contributed by atoms with E-state index in [1.165, 1.54) is 11.1 Å². The summed E-state index contributed by atoms with van der Waals surface area (Å²) in [5.41, 5.74) is 2.58. The van der Waals surface area contributed by atoms with Crippen LogP contribution in [0.5, 0.6) is 11.5 Å². The molecule has 2 heterocycles. The van der Waals surface area contributed by atoms with Crippen LogP contribution in [0.25, 0.3) is 0 Å². The van der Waals surface area contributed by atoms with E-state index in [9.17, 15) is 4.79 Å². The van der Waals surface area contributed by atoms with Crippen LogP contribution in [0.4, 0.5) is 0 Å². The molecule has 0 spiro atoms. The van der Waals surface area contributed by atoms with E-state index in [0.29, 0.717) is 24.7 Å². The molecule has 0 N–H and O–H groups in total. The summed E-state index contributed by atoms with van der Waals surface area (Å²) in [7, 11) is 3.32. The largest absolute Gasteiger partial charge is 0.493 e. The Morgan fingerprint density at radius 3 is 2.47 bits per heavy atom. The highest BCUT2D eigenvalue weighted by Crippen LogP contribution is 2.36. The number of fused-ring (bicyclic) bond motifs is 2. The number of methoxy groups -OCH3 is 2. The Kier molecular flexibility index (Phi) is 3.19. The van der Waals surface area contributed by atoms with Gasteiger partial charge in [-0.05, 0) is 29.7 Å². The number of Topliss-reactive ketones (excluding diaryl/α,β-unsaturated/α-hetero) is 1. The molecule has 1 aromatic carbocycles. The van der Waals surface area contributed by atoms with Crippen LogP contribution in [0.1, 0.15) is 24.0 Å². The number of nitrogens with zero attached hydrogens (tertiary/aromatic N) is 1. The minimum atomic E-state index is 0.367. The molecule has 2 aliphatic rings. The lowest BCUT2D eigenvalue weighted by Gasteiger charge is -2.39. The van der Waals surface area contributed by atoms with Gasteiger partial charge in [0.15, 0.2) is 11.5 Å². The fourth-order valence-corrected chi connectivity index (χ4v) is 3.13. The predicted octanol–water partition coefficient (Wildman–Crippen LogP) is 1.79. The zero-order valence-electron chi connectivity index (χ0n) is 11.4. The molecule has 0 aromatic heterocycles. The number of hydrogen-bond donors (Lipinski definition) is 0. The summed E-state index contributed by atoms with van der Waals surface area (Å²) in [4.78, 5) is 14.0. The van der Waals surface area contributed by atoms with Crippen molar-refractivity contribution in [3.8, 4) is 11.5 Å². The van der Waals surface area contributed by atoms with E-state index in [1.807, 2.05) is 0 Å². The van der Waals surface area contributed by atoms with E-state index < -0.39 is 0 Å². The number of ether oxygens (including phenoxy) is 2. The van der Waals surface area contributed by atoms with Crippen LogP contribution in [0.3, 0.4) is 0 Å². The van der Waals surface area contributed by atoms with Gasteiger partial charge in [-0.2, -0.15) is 0 Å². The number of benzene rings is 1. The SMILES string of the molecule is COc1cc2c(cc1OC)CN1CCC(=O)C[C@@H]1C2. The number of ketones is 1. The van der Waals surface area contributed by atoms with E-state index >= 15 is 0 Å².